The molecule has 1 aliphatic carbocycles. The van der Waals surface area contributed by atoms with Crippen LogP contribution in [0.25, 0.3) is 0 Å². The number of fused-ring (bicyclic) bond motifs is 1. The van der Waals surface area contributed by atoms with Gasteiger partial charge in [-0.3, -0.25) is 19.5 Å². The second-order valence-electron chi connectivity index (χ2n) is 11.7. The molecule has 0 radical (unpaired) electrons. The van der Waals surface area contributed by atoms with Crippen molar-refractivity contribution in [2.24, 2.45) is 28.5 Å². The van der Waals surface area contributed by atoms with Gasteiger partial charge in [0, 0.05) is 30.3 Å². The maximum absolute atomic E-state index is 13.8. The van der Waals surface area contributed by atoms with E-state index in [1.54, 1.807) is 17.3 Å². The molecule has 0 saturated heterocycles. The number of rotatable bonds is 7. The molecule has 5 rings (SSSR count). The number of carbonyl (C=O) groups excluding carboxylic acids is 2. The predicted octanol–water partition coefficient (Wildman–Crippen LogP) is 4.53. The highest BCUT2D eigenvalue weighted by Crippen LogP contribution is 2.56. The average Bonchev–Trinajstić information content (AvgIpc) is 3.55. The van der Waals surface area contributed by atoms with Gasteiger partial charge in [0.25, 0.3) is 0 Å². The van der Waals surface area contributed by atoms with Crippen LogP contribution in [0.1, 0.15) is 83.5 Å². The van der Waals surface area contributed by atoms with Gasteiger partial charge in [-0.1, -0.05) is 45.0 Å². The Kier molecular flexibility index (Phi) is 6.70. The molecule has 5 atom stereocenters. The van der Waals surface area contributed by atoms with Crippen molar-refractivity contribution in [2.45, 2.75) is 83.5 Å². The number of nitrogens with two attached hydrogens (primary N) is 1. The normalized spacial score (nSPS) is 28.0. The van der Waals surface area contributed by atoms with Crippen LogP contribution in [0.2, 0.25) is 0 Å². The fourth-order valence-corrected chi connectivity index (χ4v) is 6.47. The molecule has 3 aliphatic rings. The molecule has 0 spiro atoms. The second-order valence-corrected chi connectivity index (χ2v) is 11.7. The highest BCUT2D eigenvalue weighted by Gasteiger charge is 2.59. The zero-order valence-corrected chi connectivity index (χ0v) is 23.0. The molecule has 8 nitrogen and oxygen atoms in total. The zero-order chi connectivity index (χ0) is 27.2. The SMILES string of the molecule is CCC1(CC)CC(=O)N(C(c2cccnc2)C2C(C)C2C(=O)N[C@@H]2CC(C)(C)Oc3ccccc32)C(N)=N1. The molecule has 1 saturated carbocycles. The minimum atomic E-state index is -0.466. The number of amides is 2. The van der Waals surface area contributed by atoms with E-state index in [0.717, 1.165) is 29.7 Å². The van der Waals surface area contributed by atoms with Crippen LogP contribution in [0.15, 0.2) is 53.8 Å². The van der Waals surface area contributed by atoms with E-state index in [9.17, 15) is 9.59 Å². The number of benzene rings is 1. The first-order chi connectivity index (χ1) is 18.1. The van der Waals surface area contributed by atoms with Gasteiger partial charge in [-0.25, -0.2) is 4.99 Å². The van der Waals surface area contributed by atoms with Gasteiger partial charge in [0.1, 0.15) is 11.4 Å². The highest BCUT2D eigenvalue weighted by atomic mass is 16.5. The Hall–Kier alpha value is -3.42. The zero-order valence-electron chi connectivity index (χ0n) is 23.0. The van der Waals surface area contributed by atoms with Gasteiger partial charge in [0.05, 0.1) is 24.0 Å². The molecular formula is C30H39N5O3. The van der Waals surface area contributed by atoms with Crippen molar-refractivity contribution in [3.8, 4) is 5.75 Å². The lowest BCUT2D eigenvalue weighted by Gasteiger charge is -2.40. The second kappa shape index (κ2) is 9.71. The Labute approximate surface area is 225 Å². The van der Waals surface area contributed by atoms with Crippen molar-refractivity contribution in [1.29, 1.82) is 0 Å². The van der Waals surface area contributed by atoms with E-state index >= 15 is 0 Å². The van der Waals surface area contributed by atoms with E-state index in [1.165, 1.54) is 0 Å². The summed E-state index contributed by atoms with van der Waals surface area (Å²) in [6.45, 7) is 10.2. The molecule has 2 amide bonds. The number of carbonyl (C=O) groups is 2. The van der Waals surface area contributed by atoms with Crippen molar-refractivity contribution in [2.75, 3.05) is 0 Å². The van der Waals surface area contributed by atoms with Gasteiger partial charge in [-0.05, 0) is 56.2 Å². The third-order valence-corrected chi connectivity index (χ3v) is 8.78. The van der Waals surface area contributed by atoms with Crippen LogP contribution in [0.4, 0.5) is 0 Å². The lowest BCUT2D eigenvalue weighted by molar-refractivity contribution is -0.132. The lowest BCUT2D eigenvalue weighted by Crippen LogP contribution is -2.53. The van der Waals surface area contributed by atoms with Crippen LogP contribution in [-0.4, -0.2) is 38.8 Å². The van der Waals surface area contributed by atoms with Crippen molar-refractivity contribution >= 4 is 17.8 Å². The molecular weight excluding hydrogens is 478 g/mol. The van der Waals surface area contributed by atoms with Crippen LogP contribution in [0.3, 0.4) is 0 Å². The number of para-hydroxylation sites is 1. The minimum Gasteiger partial charge on any atom is -0.487 e. The molecule has 38 heavy (non-hydrogen) atoms. The van der Waals surface area contributed by atoms with E-state index in [-0.39, 0.29) is 41.6 Å². The molecule has 3 N–H and O–H groups in total. The number of nitrogens with one attached hydrogen (secondary N) is 1. The summed E-state index contributed by atoms with van der Waals surface area (Å²) in [5, 5.41) is 3.32. The van der Waals surface area contributed by atoms with Gasteiger partial charge < -0.3 is 15.8 Å². The first-order valence-corrected chi connectivity index (χ1v) is 13.8. The number of ether oxygens (including phenoxy) is 1. The Bertz CT molecular complexity index is 1240. The van der Waals surface area contributed by atoms with Crippen molar-refractivity contribution in [3.05, 3.63) is 59.9 Å². The quantitative estimate of drug-likeness (QED) is 0.561. The number of hydrogen-bond donors (Lipinski definition) is 2. The maximum atomic E-state index is 13.8. The Morgan fingerprint density at radius 1 is 1.21 bits per heavy atom. The molecule has 4 unspecified atom stereocenters. The highest BCUT2D eigenvalue weighted by molar-refractivity contribution is 6.00. The molecule has 1 aromatic carbocycles. The molecule has 1 aromatic heterocycles. The molecule has 202 valence electrons. The van der Waals surface area contributed by atoms with E-state index in [2.05, 4.69) is 17.2 Å². The summed E-state index contributed by atoms with van der Waals surface area (Å²) in [6.07, 6.45) is 5.95. The van der Waals surface area contributed by atoms with Crippen molar-refractivity contribution < 1.29 is 14.3 Å². The van der Waals surface area contributed by atoms with Gasteiger partial charge in [0.15, 0.2) is 5.96 Å². The van der Waals surface area contributed by atoms with E-state index in [0.29, 0.717) is 12.8 Å². The Morgan fingerprint density at radius 2 is 1.95 bits per heavy atom. The average molecular weight is 518 g/mol. The number of hydrogen-bond acceptors (Lipinski definition) is 6. The summed E-state index contributed by atoms with van der Waals surface area (Å²) in [5.74, 6) is 0.684. The third kappa shape index (κ3) is 4.65. The van der Waals surface area contributed by atoms with Gasteiger partial charge >= 0.3 is 0 Å². The predicted molar refractivity (Wildman–Crippen MR) is 146 cm³/mol. The van der Waals surface area contributed by atoms with Gasteiger partial charge in [0.2, 0.25) is 11.8 Å². The van der Waals surface area contributed by atoms with Crippen LogP contribution in [0, 0.1) is 17.8 Å². The number of aromatic nitrogens is 1. The summed E-state index contributed by atoms with van der Waals surface area (Å²) in [5.41, 5.74) is 7.52. The maximum Gasteiger partial charge on any atom is 0.232 e. The van der Waals surface area contributed by atoms with E-state index in [1.807, 2.05) is 64.1 Å². The van der Waals surface area contributed by atoms with Crippen molar-refractivity contribution in [1.82, 2.24) is 15.2 Å². The largest absolute Gasteiger partial charge is 0.487 e. The monoisotopic (exact) mass is 517 g/mol. The molecule has 3 heterocycles. The first-order valence-electron chi connectivity index (χ1n) is 13.8. The minimum absolute atomic E-state index is 0.00896. The topological polar surface area (TPSA) is 110 Å². The molecule has 2 aromatic rings. The van der Waals surface area contributed by atoms with Crippen molar-refractivity contribution in [3.63, 3.8) is 0 Å². The Morgan fingerprint density at radius 3 is 2.61 bits per heavy atom. The van der Waals surface area contributed by atoms with Gasteiger partial charge in [-0.2, -0.15) is 0 Å². The molecule has 2 aliphatic heterocycles. The summed E-state index contributed by atoms with van der Waals surface area (Å²) in [7, 11) is 0. The number of aliphatic imine (C=N–C) groups is 1. The molecule has 0 bridgehead atoms. The number of pyridine rings is 1. The molecule has 1 fully saturated rings. The summed E-state index contributed by atoms with van der Waals surface area (Å²) in [4.78, 5) is 38.2. The molecule has 8 heteroatoms. The van der Waals surface area contributed by atoms with E-state index in [4.69, 9.17) is 15.5 Å². The standard InChI is InChI=1S/C30H39N5O3/c1-6-30(7-2)16-23(36)35(28(31)34-30)26(19-11-10-14-32-17-19)24-18(3)25(24)27(37)33-21-15-29(4,5)38-22-13-9-8-12-20(21)22/h8-14,17-18,21,24-26H,6-7,15-16H2,1-5H3,(H2,31,34)(H,33,37)/t18?,21-,24?,25?,26?/m1/s1. The number of guanidine groups is 1. The summed E-state index contributed by atoms with van der Waals surface area (Å²) in [6, 6.07) is 11.1. The third-order valence-electron chi connectivity index (χ3n) is 8.78. The Balaban J connectivity index is 1.43. The summed E-state index contributed by atoms with van der Waals surface area (Å²) < 4.78 is 6.15. The smallest absolute Gasteiger partial charge is 0.232 e. The first kappa shape index (κ1) is 26.2. The van der Waals surface area contributed by atoms with Gasteiger partial charge in [-0.15, -0.1) is 0 Å². The van der Waals surface area contributed by atoms with Crippen LogP contribution >= 0.6 is 0 Å². The van der Waals surface area contributed by atoms with Crippen LogP contribution < -0.4 is 15.8 Å². The fraction of sp³-hybridized carbons (Fsp3) is 0.533. The van der Waals surface area contributed by atoms with Crippen LogP contribution in [-0.2, 0) is 9.59 Å². The van der Waals surface area contributed by atoms with E-state index < -0.39 is 17.2 Å². The number of nitrogens with zero attached hydrogens (tertiary/aromatic N) is 3. The summed E-state index contributed by atoms with van der Waals surface area (Å²) >= 11 is 0. The van der Waals surface area contributed by atoms with Crippen LogP contribution in [0.5, 0.6) is 5.75 Å². The lowest BCUT2D eigenvalue weighted by atomic mass is 9.87. The fourth-order valence-electron chi connectivity index (χ4n) is 6.47.